The van der Waals surface area contributed by atoms with Gasteiger partial charge in [0.15, 0.2) is 5.11 Å². The molecule has 6 nitrogen and oxygen atoms in total. The quantitative estimate of drug-likeness (QED) is 0.331. The van der Waals surface area contributed by atoms with Gasteiger partial charge in [0.25, 0.3) is 10.0 Å². The lowest BCUT2D eigenvalue weighted by molar-refractivity contribution is -0.119. The highest BCUT2D eigenvalue weighted by Crippen LogP contribution is 2.20. The number of hydrogen-bond acceptors (Lipinski definition) is 4. The van der Waals surface area contributed by atoms with Crippen molar-refractivity contribution in [2.75, 3.05) is 10.0 Å². The first kappa shape index (κ1) is 24.8. The molecule has 0 radical (unpaired) electrons. The Bertz CT molecular complexity index is 1000. The second-order valence-electron chi connectivity index (χ2n) is 7.60. The van der Waals surface area contributed by atoms with Crippen LogP contribution in [0.25, 0.3) is 0 Å². The summed E-state index contributed by atoms with van der Waals surface area (Å²) in [5.74, 6) is -0.120. The van der Waals surface area contributed by atoms with E-state index in [1.807, 2.05) is 19.9 Å². The molecule has 2 aromatic rings. The van der Waals surface area contributed by atoms with Crippen molar-refractivity contribution in [1.82, 2.24) is 5.32 Å². The Balaban J connectivity index is 1.88. The van der Waals surface area contributed by atoms with Gasteiger partial charge in [0.1, 0.15) is 0 Å². The summed E-state index contributed by atoms with van der Waals surface area (Å²) in [6, 6.07) is 11.6. The van der Waals surface area contributed by atoms with E-state index in [4.69, 9.17) is 12.2 Å². The molecule has 0 fully saturated rings. The van der Waals surface area contributed by atoms with E-state index >= 15 is 0 Å². The van der Waals surface area contributed by atoms with Crippen molar-refractivity contribution in [2.24, 2.45) is 0 Å². The van der Waals surface area contributed by atoms with Gasteiger partial charge in [-0.2, -0.15) is 0 Å². The zero-order valence-electron chi connectivity index (χ0n) is 18.3. The van der Waals surface area contributed by atoms with Crippen LogP contribution in [-0.4, -0.2) is 19.4 Å². The van der Waals surface area contributed by atoms with Crippen molar-refractivity contribution in [3.63, 3.8) is 0 Å². The van der Waals surface area contributed by atoms with Crippen molar-refractivity contribution >= 4 is 44.6 Å². The van der Waals surface area contributed by atoms with Crippen LogP contribution >= 0.6 is 12.2 Å². The standard InChI is InChI=1S/C23H31N3O3S2/c1-4-5-6-7-8-9-22(27)25-23(30)24-19-12-14-21(15-13-19)31(28,29)26-20-11-10-17(2)18(3)16-20/h10-16,26H,4-9H2,1-3H3,(H2,24,25,27,30). The molecule has 0 aromatic heterocycles. The number of carbonyl (C=O) groups is 1. The minimum atomic E-state index is -3.70. The molecule has 0 saturated heterocycles. The van der Waals surface area contributed by atoms with Crippen LogP contribution in [0.2, 0.25) is 0 Å². The van der Waals surface area contributed by atoms with Crippen molar-refractivity contribution < 1.29 is 13.2 Å². The average molecular weight is 462 g/mol. The summed E-state index contributed by atoms with van der Waals surface area (Å²) >= 11 is 5.17. The fourth-order valence-corrected chi connectivity index (χ4v) is 4.26. The second kappa shape index (κ2) is 11.8. The molecule has 0 bridgehead atoms. The third-order valence-corrected chi connectivity index (χ3v) is 6.54. The molecule has 1 amide bonds. The topological polar surface area (TPSA) is 87.3 Å². The fraction of sp³-hybridized carbons (Fsp3) is 0.391. The SMILES string of the molecule is CCCCCCCC(=O)NC(=S)Nc1ccc(S(=O)(=O)Nc2ccc(C)c(C)c2)cc1. The molecule has 0 unspecified atom stereocenters. The Hall–Kier alpha value is -2.45. The number of amides is 1. The smallest absolute Gasteiger partial charge is 0.261 e. The number of thiocarbonyl (C=S) groups is 1. The van der Waals surface area contributed by atoms with E-state index in [2.05, 4.69) is 22.3 Å². The maximum Gasteiger partial charge on any atom is 0.261 e. The molecule has 2 aromatic carbocycles. The Kier molecular flexibility index (Phi) is 9.45. The first-order chi connectivity index (χ1) is 14.7. The van der Waals surface area contributed by atoms with Crippen molar-refractivity contribution in [2.45, 2.75) is 64.2 Å². The van der Waals surface area contributed by atoms with Crippen molar-refractivity contribution in [1.29, 1.82) is 0 Å². The summed E-state index contributed by atoms with van der Waals surface area (Å²) in [6.45, 7) is 6.06. The van der Waals surface area contributed by atoms with Crippen LogP contribution in [0.3, 0.4) is 0 Å². The van der Waals surface area contributed by atoms with Gasteiger partial charge in [-0.1, -0.05) is 38.7 Å². The zero-order valence-corrected chi connectivity index (χ0v) is 20.0. The highest BCUT2D eigenvalue weighted by atomic mass is 32.2. The number of rotatable bonds is 10. The molecule has 31 heavy (non-hydrogen) atoms. The van der Waals surface area contributed by atoms with E-state index in [0.717, 1.165) is 30.4 Å². The molecule has 0 aliphatic carbocycles. The van der Waals surface area contributed by atoms with Gasteiger partial charge in [-0.3, -0.25) is 9.52 Å². The van der Waals surface area contributed by atoms with E-state index < -0.39 is 10.0 Å². The molecule has 3 N–H and O–H groups in total. The normalized spacial score (nSPS) is 11.1. The number of sulfonamides is 1. The van der Waals surface area contributed by atoms with Crippen LogP contribution in [0.1, 0.15) is 56.6 Å². The first-order valence-electron chi connectivity index (χ1n) is 10.5. The number of nitrogens with one attached hydrogen (secondary N) is 3. The third kappa shape index (κ3) is 8.30. The molecule has 0 atom stereocenters. The molecule has 0 aliphatic heterocycles. The molecule has 168 valence electrons. The molecule has 8 heteroatoms. The number of aryl methyl sites for hydroxylation is 2. The first-order valence-corrected chi connectivity index (χ1v) is 12.4. The van der Waals surface area contributed by atoms with Crippen LogP contribution in [0, 0.1) is 13.8 Å². The Labute approximate surface area is 190 Å². The van der Waals surface area contributed by atoms with Crippen LogP contribution in [0.5, 0.6) is 0 Å². The molecule has 0 saturated carbocycles. The lowest BCUT2D eigenvalue weighted by atomic mass is 10.1. The van der Waals surface area contributed by atoms with Gasteiger partial charge >= 0.3 is 0 Å². The van der Waals surface area contributed by atoms with E-state index in [1.165, 1.54) is 25.0 Å². The molecular formula is C23H31N3O3S2. The van der Waals surface area contributed by atoms with Gasteiger partial charge in [0.05, 0.1) is 4.90 Å². The highest BCUT2D eigenvalue weighted by molar-refractivity contribution is 7.92. The molecule has 0 aliphatic rings. The molecule has 0 heterocycles. The minimum Gasteiger partial charge on any atom is -0.332 e. The van der Waals surface area contributed by atoms with Crippen LogP contribution < -0.4 is 15.4 Å². The van der Waals surface area contributed by atoms with E-state index in [-0.39, 0.29) is 15.9 Å². The number of carbonyl (C=O) groups excluding carboxylic acids is 1. The van der Waals surface area contributed by atoms with E-state index in [9.17, 15) is 13.2 Å². The monoisotopic (exact) mass is 461 g/mol. The maximum atomic E-state index is 12.6. The van der Waals surface area contributed by atoms with Gasteiger partial charge in [-0.25, -0.2) is 8.42 Å². The van der Waals surface area contributed by atoms with Crippen molar-refractivity contribution in [3.8, 4) is 0 Å². The predicted octanol–water partition coefficient (Wildman–Crippen LogP) is 5.28. The van der Waals surface area contributed by atoms with Crippen LogP contribution in [-0.2, 0) is 14.8 Å². The van der Waals surface area contributed by atoms with Crippen LogP contribution in [0.4, 0.5) is 11.4 Å². The van der Waals surface area contributed by atoms with E-state index in [1.54, 1.807) is 24.3 Å². The summed E-state index contributed by atoms with van der Waals surface area (Å²) in [7, 11) is -3.70. The summed E-state index contributed by atoms with van der Waals surface area (Å²) in [6.07, 6.45) is 5.81. The largest absolute Gasteiger partial charge is 0.332 e. The van der Waals surface area contributed by atoms with Gasteiger partial charge in [-0.05, 0) is 80.0 Å². The summed E-state index contributed by atoms with van der Waals surface area (Å²) < 4.78 is 27.8. The maximum absolute atomic E-state index is 12.6. The average Bonchev–Trinajstić information content (AvgIpc) is 2.70. The minimum absolute atomic E-state index is 0.120. The number of unbranched alkanes of at least 4 members (excludes halogenated alkanes) is 4. The lowest BCUT2D eigenvalue weighted by Crippen LogP contribution is -2.33. The predicted molar refractivity (Wildman–Crippen MR) is 131 cm³/mol. The fourth-order valence-electron chi connectivity index (χ4n) is 2.98. The summed E-state index contributed by atoms with van der Waals surface area (Å²) in [5, 5.41) is 5.76. The Morgan fingerprint density at radius 3 is 2.19 bits per heavy atom. The molecule has 2 rings (SSSR count). The Morgan fingerprint density at radius 1 is 0.903 bits per heavy atom. The van der Waals surface area contributed by atoms with Crippen LogP contribution in [0.15, 0.2) is 47.4 Å². The number of hydrogen-bond donors (Lipinski definition) is 3. The van der Waals surface area contributed by atoms with Crippen molar-refractivity contribution in [3.05, 3.63) is 53.6 Å². The van der Waals surface area contributed by atoms with E-state index in [0.29, 0.717) is 17.8 Å². The molecular weight excluding hydrogens is 430 g/mol. The lowest BCUT2D eigenvalue weighted by Gasteiger charge is -2.12. The Morgan fingerprint density at radius 2 is 1.55 bits per heavy atom. The summed E-state index contributed by atoms with van der Waals surface area (Å²) in [5.41, 5.74) is 3.22. The van der Waals surface area contributed by atoms with Gasteiger partial charge < -0.3 is 10.6 Å². The highest BCUT2D eigenvalue weighted by Gasteiger charge is 2.14. The number of anilines is 2. The van der Waals surface area contributed by atoms with Gasteiger partial charge in [0, 0.05) is 17.8 Å². The van der Waals surface area contributed by atoms with Gasteiger partial charge in [0.2, 0.25) is 5.91 Å². The summed E-state index contributed by atoms with van der Waals surface area (Å²) in [4.78, 5) is 12.1. The molecule has 0 spiro atoms. The number of benzene rings is 2. The second-order valence-corrected chi connectivity index (χ2v) is 9.69. The third-order valence-electron chi connectivity index (χ3n) is 4.94. The van der Waals surface area contributed by atoms with Gasteiger partial charge in [-0.15, -0.1) is 0 Å². The zero-order chi connectivity index (χ0) is 22.9.